The number of hydrogen-bond acceptors (Lipinski definition) is 5. The van der Waals surface area contributed by atoms with Crippen LogP contribution in [0.5, 0.6) is 5.75 Å². The first-order chi connectivity index (χ1) is 10.5. The number of nitrogens with zero attached hydrogens (tertiary/aromatic N) is 1. The molecule has 2 heterocycles. The van der Waals surface area contributed by atoms with Gasteiger partial charge in [-0.25, -0.2) is 0 Å². The molecule has 0 atom stereocenters. The first kappa shape index (κ1) is 14.8. The number of hydrazine groups is 1. The maximum Gasteiger partial charge on any atom is 0.285 e. The quantitative estimate of drug-likeness (QED) is 0.665. The van der Waals surface area contributed by atoms with Crippen LogP contribution in [0.3, 0.4) is 0 Å². The van der Waals surface area contributed by atoms with Crippen LogP contribution in [0.2, 0.25) is 0 Å². The van der Waals surface area contributed by atoms with Gasteiger partial charge in [-0.05, 0) is 36.0 Å². The smallest absolute Gasteiger partial charge is 0.285 e. The Kier molecular flexibility index (Phi) is 4.00. The van der Waals surface area contributed by atoms with Crippen molar-refractivity contribution in [1.29, 1.82) is 0 Å². The molecule has 1 saturated heterocycles. The number of fused-ring (bicyclic) bond motifs is 1. The number of para-hydroxylation sites is 1. The molecule has 0 unspecified atom stereocenters. The van der Waals surface area contributed by atoms with Crippen LogP contribution in [0.4, 0.5) is 0 Å². The molecule has 0 spiro atoms. The zero-order chi connectivity index (χ0) is 15.7. The van der Waals surface area contributed by atoms with Crippen molar-refractivity contribution >= 4 is 46.2 Å². The summed E-state index contributed by atoms with van der Waals surface area (Å²) in [4.78, 5) is 23.8. The Morgan fingerprint density at radius 1 is 1.45 bits per heavy atom. The number of thioether (sulfide) groups is 1. The highest BCUT2D eigenvalue weighted by molar-refractivity contribution is 8.26. The fraction of sp³-hybridized carbons (Fsp3) is 0.133. The molecule has 2 aliphatic rings. The van der Waals surface area contributed by atoms with Gasteiger partial charge in [-0.2, -0.15) is 5.01 Å². The van der Waals surface area contributed by atoms with E-state index in [0.29, 0.717) is 15.8 Å². The molecule has 3 rings (SSSR count). The lowest BCUT2D eigenvalue weighted by Gasteiger charge is -2.16. The number of nitrogens with one attached hydrogen (secondary N) is 1. The van der Waals surface area contributed by atoms with Gasteiger partial charge in [0, 0.05) is 12.5 Å². The molecule has 0 radical (unpaired) electrons. The van der Waals surface area contributed by atoms with Gasteiger partial charge in [0.2, 0.25) is 5.91 Å². The van der Waals surface area contributed by atoms with Crippen LogP contribution in [-0.2, 0) is 9.59 Å². The Morgan fingerprint density at radius 3 is 3.00 bits per heavy atom. The number of hydrogen-bond donors (Lipinski definition) is 1. The lowest BCUT2D eigenvalue weighted by molar-refractivity contribution is -0.132. The van der Waals surface area contributed by atoms with Crippen LogP contribution in [0.25, 0.3) is 6.08 Å². The second-order valence-electron chi connectivity index (χ2n) is 4.73. The molecule has 0 aromatic heterocycles. The Labute approximate surface area is 137 Å². The van der Waals surface area contributed by atoms with Gasteiger partial charge in [0.15, 0.2) is 4.32 Å². The average Bonchev–Trinajstić information content (AvgIpc) is 2.74. The standard InChI is InChI=1S/C15H12N2O3S2/c1-9(18)16-17-14(19)13(22-15(17)21)7-10-6-11-4-2-3-5-12(11)20-8-10/h2-7H,8H2,1H3,(H,16,18)/b13-7-. The number of ether oxygens (including phenoxy) is 1. The van der Waals surface area contributed by atoms with Crippen LogP contribution in [0, 0.1) is 0 Å². The van der Waals surface area contributed by atoms with Gasteiger partial charge in [0.25, 0.3) is 5.91 Å². The van der Waals surface area contributed by atoms with E-state index < -0.39 is 0 Å². The van der Waals surface area contributed by atoms with Gasteiger partial charge in [-0.3, -0.25) is 15.0 Å². The molecule has 1 aromatic rings. The highest BCUT2D eigenvalue weighted by Gasteiger charge is 2.33. The van der Waals surface area contributed by atoms with Crippen LogP contribution < -0.4 is 10.2 Å². The predicted octanol–water partition coefficient (Wildman–Crippen LogP) is 2.26. The van der Waals surface area contributed by atoms with E-state index in [1.54, 1.807) is 6.08 Å². The monoisotopic (exact) mass is 332 g/mol. The lowest BCUT2D eigenvalue weighted by Crippen LogP contribution is -2.43. The molecule has 0 saturated carbocycles. The number of carbonyl (C=O) groups is 2. The van der Waals surface area contributed by atoms with Crippen molar-refractivity contribution in [2.45, 2.75) is 6.92 Å². The van der Waals surface area contributed by atoms with E-state index in [4.69, 9.17) is 17.0 Å². The van der Waals surface area contributed by atoms with Gasteiger partial charge in [-0.15, -0.1) is 0 Å². The summed E-state index contributed by atoms with van der Waals surface area (Å²) in [5, 5.41) is 1.09. The summed E-state index contributed by atoms with van der Waals surface area (Å²) in [6.45, 7) is 1.72. The van der Waals surface area contributed by atoms with E-state index in [2.05, 4.69) is 5.43 Å². The third kappa shape index (κ3) is 2.90. The van der Waals surface area contributed by atoms with Gasteiger partial charge in [0.1, 0.15) is 12.4 Å². The van der Waals surface area contributed by atoms with E-state index in [9.17, 15) is 9.59 Å². The Balaban J connectivity index is 1.85. The van der Waals surface area contributed by atoms with Crippen LogP contribution in [0.1, 0.15) is 12.5 Å². The number of amides is 2. The summed E-state index contributed by atoms with van der Waals surface area (Å²) in [5.74, 6) is 0.155. The molecule has 1 fully saturated rings. The van der Waals surface area contributed by atoms with Crippen molar-refractivity contribution in [1.82, 2.24) is 10.4 Å². The van der Waals surface area contributed by atoms with Crippen molar-refractivity contribution in [3.63, 3.8) is 0 Å². The first-order valence-electron chi connectivity index (χ1n) is 6.52. The minimum absolute atomic E-state index is 0.309. The third-order valence-corrected chi connectivity index (χ3v) is 4.34. The normalized spacial score (nSPS) is 18.9. The maximum absolute atomic E-state index is 12.2. The molecule has 112 valence electrons. The van der Waals surface area contributed by atoms with Crippen molar-refractivity contribution in [3.05, 3.63) is 46.4 Å². The summed E-state index contributed by atoms with van der Waals surface area (Å²) >= 11 is 6.26. The van der Waals surface area contributed by atoms with Gasteiger partial charge < -0.3 is 4.74 Å². The van der Waals surface area contributed by atoms with Crippen molar-refractivity contribution in [3.8, 4) is 5.75 Å². The molecule has 1 aromatic carbocycles. The van der Waals surface area contributed by atoms with Gasteiger partial charge in [0.05, 0.1) is 4.91 Å². The fourth-order valence-electron chi connectivity index (χ4n) is 2.11. The summed E-state index contributed by atoms with van der Waals surface area (Å²) in [5.41, 5.74) is 4.26. The van der Waals surface area contributed by atoms with Crippen molar-refractivity contribution in [2.24, 2.45) is 0 Å². The van der Waals surface area contributed by atoms with E-state index >= 15 is 0 Å². The molecule has 0 bridgehead atoms. The minimum atomic E-state index is -0.341. The fourth-order valence-corrected chi connectivity index (χ4v) is 3.30. The molecule has 22 heavy (non-hydrogen) atoms. The Bertz CT molecular complexity index is 740. The minimum Gasteiger partial charge on any atom is -0.488 e. The lowest BCUT2D eigenvalue weighted by atomic mass is 10.1. The number of benzene rings is 1. The molecular formula is C15H12N2O3S2. The second-order valence-corrected chi connectivity index (χ2v) is 6.41. The topological polar surface area (TPSA) is 58.6 Å². The van der Waals surface area contributed by atoms with Crippen LogP contribution >= 0.6 is 24.0 Å². The maximum atomic E-state index is 12.2. The highest BCUT2D eigenvalue weighted by Crippen LogP contribution is 2.33. The zero-order valence-corrected chi connectivity index (χ0v) is 13.3. The molecule has 2 amide bonds. The third-order valence-electron chi connectivity index (χ3n) is 3.03. The molecular weight excluding hydrogens is 320 g/mol. The number of carbonyl (C=O) groups excluding carboxylic acids is 2. The van der Waals surface area contributed by atoms with Crippen LogP contribution in [0.15, 0.2) is 40.8 Å². The predicted molar refractivity (Wildman–Crippen MR) is 88.8 cm³/mol. The summed E-state index contributed by atoms with van der Waals surface area (Å²) < 4.78 is 5.96. The SMILES string of the molecule is CC(=O)NN1C(=O)/C(=C/C2=Cc3ccccc3OC2)SC1=S. The molecule has 2 aliphatic heterocycles. The first-order valence-corrected chi connectivity index (χ1v) is 7.74. The number of rotatable bonds is 2. The average molecular weight is 332 g/mol. The second kappa shape index (κ2) is 5.94. The molecule has 7 heteroatoms. The highest BCUT2D eigenvalue weighted by atomic mass is 32.2. The van der Waals surface area contributed by atoms with Crippen molar-refractivity contribution in [2.75, 3.05) is 6.61 Å². The Hall–Kier alpha value is -2.12. The summed E-state index contributed by atoms with van der Waals surface area (Å²) in [6.07, 6.45) is 3.72. The van der Waals surface area contributed by atoms with E-state index in [0.717, 1.165) is 33.7 Å². The number of thiocarbonyl (C=S) groups is 1. The summed E-state index contributed by atoms with van der Waals surface area (Å²) in [7, 11) is 0. The van der Waals surface area contributed by atoms with E-state index in [1.807, 2.05) is 30.3 Å². The molecule has 5 nitrogen and oxygen atoms in total. The van der Waals surface area contributed by atoms with Gasteiger partial charge >= 0.3 is 0 Å². The molecule has 0 aliphatic carbocycles. The molecule has 1 N–H and O–H groups in total. The van der Waals surface area contributed by atoms with Crippen molar-refractivity contribution < 1.29 is 14.3 Å². The van der Waals surface area contributed by atoms with Crippen LogP contribution in [-0.4, -0.2) is 27.8 Å². The van der Waals surface area contributed by atoms with E-state index in [-0.39, 0.29) is 11.8 Å². The zero-order valence-electron chi connectivity index (χ0n) is 11.7. The van der Waals surface area contributed by atoms with Gasteiger partial charge in [-0.1, -0.05) is 30.0 Å². The summed E-state index contributed by atoms with van der Waals surface area (Å²) in [6, 6.07) is 7.69. The Morgan fingerprint density at radius 2 is 2.23 bits per heavy atom. The largest absolute Gasteiger partial charge is 0.488 e. The van der Waals surface area contributed by atoms with E-state index in [1.165, 1.54) is 6.92 Å².